The van der Waals surface area contributed by atoms with E-state index in [1.807, 2.05) is 0 Å². The molecule has 1 aromatic rings. The lowest BCUT2D eigenvalue weighted by Gasteiger charge is -2.21. The van der Waals surface area contributed by atoms with Gasteiger partial charge < -0.3 is 4.74 Å². The van der Waals surface area contributed by atoms with Crippen molar-refractivity contribution >= 4 is 19.7 Å². The fourth-order valence-corrected chi connectivity index (χ4v) is 3.04. The first-order chi connectivity index (χ1) is 8.55. The highest BCUT2D eigenvalue weighted by Crippen LogP contribution is 2.25. The van der Waals surface area contributed by atoms with Crippen LogP contribution in [0.4, 0.5) is 0 Å². The van der Waals surface area contributed by atoms with Crippen molar-refractivity contribution in [2.24, 2.45) is 5.92 Å². The summed E-state index contributed by atoms with van der Waals surface area (Å²) in [4.78, 5) is 0.106. The fraction of sp³-hybridized carbons (Fsp3) is 0.538. The second kappa shape index (κ2) is 5.93. The van der Waals surface area contributed by atoms with Crippen LogP contribution in [0.5, 0.6) is 5.75 Å². The molecule has 0 N–H and O–H groups in total. The second-order valence-electron chi connectivity index (χ2n) is 4.72. The molecule has 0 bridgehead atoms. The van der Waals surface area contributed by atoms with Crippen LogP contribution in [0.1, 0.15) is 32.1 Å². The Bertz CT molecular complexity index is 475. The van der Waals surface area contributed by atoms with E-state index in [0.29, 0.717) is 18.3 Å². The molecule has 5 heteroatoms. The molecule has 18 heavy (non-hydrogen) atoms. The zero-order chi connectivity index (χ0) is 13.0. The van der Waals surface area contributed by atoms with Crippen molar-refractivity contribution < 1.29 is 13.2 Å². The fourth-order valence-electron chi connectivity index (χ4n) is 2.27. The Balaban J connectivity index is 1.90. The van der Waals surface area contributed by atoms with Crippen LogP contribution < -0.4 is 4.74 Å². The van der Waals surface area contributed by atoms with Gasteiger partial charge in [0, 0.05) is 10.7 Å². The summed E-state index contributed by atoms with van der Waals surface area (Å²) in [6, 6.07) is 6.24. The maximum absolute atomic E-state index is 11.1. The van der Waals surface area contributed by atoms with Crippen LogP contribution in [0, 0.1) is 5.92 Å². The van der Waals surface area contributed by atoms with Crippen LogP contribution in [0.25, 0.3) is 0 Å². The van der Waals surface area contributed by atoms with Crippen molar-refractivity contribution in [2.75, 3.05) is 6.61 Å². The number of benzene rings is 1. The van der Waals surface area contributed by atoms with Gasteiger partial charge in [-0.1, -0.05) is 19.3 Å². The molecule has 0 heterocycles. The molecule has 0 atom stereocenters. The molecular formula is C13H17ClO3S. The summed E-state index contributed by atoms with van der Waals surface area (Å²) in [5.41, 5.74) is 0. The molecule has 1 aliphatic carbocycles. The molecule has 1 aliphatic rings. The highest BCUT2D eigenvalue weighted by atomic mass is 35.7. The van der Waals surface area contributed by atoms with Gasteiger partial charge in [-0.05, 0) is 43.0 Å². The van der Waals surface area contributed by atoms with E-state index in [9.17, 15) is 8.42 Å². The second-order valence-corrected chi connectivity index (χ2v) is 7.29. The first-order valence-corrected chi connectivity index (χ1v) is 8.54. The Kier molecular flexibility index (Phi) is 4.51. The summed E-state index contributed by atoms with van der Waals surface area (Å²) in [6.07, 6.45) is 6.37. The maximum atomic E-state index is 11.1. The van der Waals surface area contributed by atoms with E-state index < -0.39 is 9.05 Å². The van der Waals surface area contributed by atoms with Crippen molar-refractivity contribution in [1.82, 2.24) is 0 Å². The van der Waals surface area contributed by atoms with Gasteiger partial charge in [0.25, 0.3) is 9.05 Å². The highest BCUT2D eigenvalue weighted by Gasteiger charge is 2.14. The van der Waals surface area contributed by atoms with Gasteiger partial charge in [-0.25, -0.2) is 8.42 Å². The first kappa shape index (κ1) is 13.7. The molecule has 3 nitrogen and oxygen atoms in total. The summed E-state index contributed by atoms with van der Waals surface area (Å²) in [7, 11) is 1.60. The number of rotatable bonds is 4. The van der Waals surface area contributed by atoms with E-state index in [2.05, 4.69) is 0 Å². The van der Waals surface area contributed by atoms with E-state index >= 15 is 0 Å². The van der Waals surface area contributed by atoms with Gasteiger partial charge in [-0.15, -0.1) is 0 Å². The standard InChI is InChI=1S/C13H17ClO3S/c14-18(15,16)13-8-6-12(7-9-13)17-10-11-4-2-1-3-5-11/h6-9,11H,1-5,10H2. The van der Waals surface area contributed by atoms with Crippen LogP contribution in [-0.2, 0) is 9.05 Å². The van der Waals surface area contributed by atoms with Gasteiger partial charge in [0.1, 0.15) is 5.75 Å². The largest absolute Gasteiger partial charge is 0.493 e. The number of ether oxygens (including phenoxy) is 1. The van der Waals surface area contributed by atoms with Crippen molar-refractivity contribution in [3.63, 3.8) is 0 Å². The van der Waals surface area contributed by atoms with E-state index in [4.69, 9.17) is 15.4 Å². The molecule has 2 rings (SSSR count). The van der Waals surface area contributed by atoms with E-state index in [-0.39, 0.29) is 4.90 Å². The predicted molar refractivity (Wildman–Crippen MR) is 71.6 cm³/mol. The number of halogens is 1. The Morgan fingerprint density at radius 1 is 1.11 bits per heavy atom. The van der Waals surface area contributed by atoms with Gasteiger partial charge in [-0.2, -0.15) is 0 Å². The van der Waals surface area contributed by atoms with Crippen molar-refractivity contribution in [2.45, 2.75) is 37.0 Å². The average molecular weight is 289 g/mol. The van der Waals surface area contributed by atoms with E-state index in [1.54, 1.807) is 12.1 Å². The molecule has 0 radical (unpaired) electrons. The van der Waals surface area contributed by atoms with Gasteiger partial charge in [0.15, 0.2) is 0 Å². The van der Waals surface area contributed by atoms with Crippen LogP contribution >= 0.6 is 10.7 Å². The smallest absolute Gasteiger partial charge is 0.261 e. The monoisotopic (exact) mass is 288 g/mol. The molecule has 0 aromatic heterocycles. The quantitative estimate of drug-likeness (QED) is 0.796. The van der Waals surface area contributed by atoms with Gasteiger partial charge in [0.2, 0.25) is 0 Å². The predicted octanol–water partition coefficient (Wildman–Crippen LogP) is 3.57. The maximum Gasteiger partial charge on any atom is 0.261 e. The minimum absolute atomic E-state index is 0.106. The number of hydrogen-bond acceptors (Lipinski definition) is 3. The zero-order valence-corrected chi connectivity index (χ0v) is 11.7. The number of hydrogen-bond donors (Lipinski definition) is 0. The SMILES string of the molecule is O=S(=O)(Cl)c1ccc(OCC2CCCCC2)cc1. The van der Waals surface area contributed by atoms with Crippen LogP contribution in [-0.4, -0.2) is 15.0 Å². The Morgan fingerprint density at radius 3 is 2.28 bits per heavy atom. The molecule has 100 valence electrons. The molecule has 1 fully saturated rings. The molecule has 0 amide bonds. The third kappa shape index (κ3) is 3.89. The molecular weight excluding hydrogens is 272 g/mol. The lowest BCUT2D eigenvalue weighted by Crippen LogP contribution is -2.15. The Morgan fingerprint density at radius 2 is 1.72 bits per heavy atom. The summed E-state index contributed by atoms with van der Waals surface area (Å²) in [5.74, 6) is 1.33. The minimum Gasteiger partial charge on any atom is -0.493 e. The molecule has 0 unspecified atom stereocenters. The molecule has 0 spiro atoms. The summed E-state index contributed by atoms with van der Waals surface area (Å²) in [6.45, 7) is 0.715. The molecule has 1 aromatic carbocycles. The first-order valence-electron chi connectivity index (χ1n) is 6.23. The van der Waals surface area contributed by atoms with Crippen LogP contribution in [0.2, 0.25) is 0 Å². The van der Waals surface area contributed by atoms with Crippen LogP contribution in [0.15, 0.2) is 29.2 Å². The van der Waals surface area contributed by atoms with Crippen molar-refractivity contribution in [3.05, 3.63) is 24.3 Å². The molecule has 0 saturated heterocycles. The minimum atomic E-state index is -3.64. The third-order valence-corrected chi connectivity index (χ3v) is 4.69. The van der Waals surface area contributed by atoms with Gasteiger partial charge in [-0.3, -0.25) is 0 Å². The van der Waals surface area contributed by atoms with Gasteiger partial charge >= 0.3 is 0 Å². The molecule has 1 saturated carbocycles. The van der Waals surface area contributed by atoms with Crippen molar-refractivity contribution in [1.29, 1.82) is 0 Å². The normalized spacial score (nSPS) is 17.6. The molecule has 0 aliphatic heterocycles. The van der Waals surface area contributed by atoms with E-state index in [1.165, 1.54) is 44.2 Å². The lowest BCUT2D eigenvalue weighted by molar-refractivity contribution is 0.209. The van der Waals surface area contributed by atoms with E-state index in [0.717, 1.165) is 0 Å². The highest BCUT2D eigenvalue weighted by molar-refractivity contribution is 8.13. The average Bonchev–Trinajstić information content (AvgIpc) is 2.37. The zero-order valence-electron chi connectivity index (χ0n) is 10.1. The lowest BCUT2D eigenvalue weighted by atomic mass is 9.90. The van der Waals surface area contributed by atoms with Crippen LogP contribution in [0.3, 0.4) is 0 Å². The summed E-state index contributed by atoms with van der Waals surface area (Å²) in [5, 5.41) is 0. The Hall–Kier alpha value is -0.740. The van der Waals surface area contributed by atoms with Gasteiger partial charge in [0.05, 0.1) is 11.5 Å². The Labute approximate surface area is 113 Å². The summed E-state index contributed by atoms with van der Waals surface area (Å²) < 4.78 is 27.8. The topological polar surface area (TPSA) is 43.4 Å². The third-order valence-electron chi connectivity index (χ3n) is 3.32. The van der Waals surface area contributed by atoms with Crippen molar-refractivity contribution in [3.8, 4) is 5.75 Å². The summed E-state index contributed by atoms with van der Waals surface area (Å²) >= 11 is 0.